The molecule has 0 spiro atoms. The lowest BCUT2D eigenvalue weighted by Crippen LogP contribution is -2.33. The van der Waals surface area contributed by atoms with E-state index >= 15 is 0 Å². The minimum absolute atomic E-state index is 0.305. The minimum Gasteiger partial charge on any atom is -0.381 e. The molecule has 0 saturated carbocycles. The Morgan fingerprint density at radius 2 is 1.67 bits per heavy atom. The molecule has 5 nitrogen and oxygen atoms in total. The standard InChI is InChI=1S/C17H10ClFN2O3/c18-10-3-1-9(2-4-10)14-13-15(24-20-14)17(23)21(16(13)22)12-7-5-11(19)6-8-12/h1-8,13,15H/t13-,15+/m1/s1. The Kier molecular flexibility index (Phi) is 3.35. The van der Waals surface area contributed by atoms with E-state index in [-0.39, 0.29) is 0 Å². The number of oxime groups is 1. The van der Waals surface area contributed by atoms with Crippen molar-refractivity contribution in [3.05, 3.63) is 64.9 Å². The smallest absolute Gasteiger partial charge is 0.278 e. The maximum absolute atomic E-state index is 13.1. The number of fused-ring (bicyclic) bond motifs is 1. The van der Waals surface area contributed by atoms with E-state index in [1.54, 1.807) is 24.3 Å². The normalized spacial score (nSPS) is 22.4. The molecule has 2 heterocycles. The van der Waals surface area contributed by atoms with Gasteiger partial charge in [-0.15, -0.1) is 0 Å². The van der Waals surface area contributed by atoms with E-state index in [0.717, 1.165) is 4.90 Å². The molecule has 0 aromatic heterocycles. The van der Waals surface area contributed by atoms with Gasteiger partial charge in [-0.3, -0.25) is 9.59 Å². The average Bonchev–Trinajstić information content (AvgIpc) is 3.11. The SMILES string of the molecule is O=C1[C@@H]2C(c3ccc(Cl)cc3)=NO[C@@H]2C(=O)N1c1ccc(F)cc1. The fraction of sp³-hybridized carbons (Fsp3) is 0.118. The molecule has 2 aliphatic heterocycles. The average molecular weight is 345 g/mol. The van der Waals surface area contributed by atoms with E-state index in [9.17, 15) is 14.0 Å². The van der Waals surface area contributed by atoms with Gasteiger partial charge in [-0.2, -0.15) is 0 Å². The summed E-state index contributed by atoms with van der Waals surface area (Å²) in [4.78, 5) is 31.5. The Morgan fingerprint density at radius 1 is 1.00 bits per heavy atom. The summed E-state index contributed by atoms with van der Waals surface area (Å²) in [6.45, 7) is 0. The van der Waals surface area contributed by atoms with Gasteiger partial charge in [0, 0.05) is 10.6 Å². The van der Waals surface area contributed by atoms with Gasteiger partial charge in [0.15, 0.2) is 0 Å². The summed E-state index contributed by atoms with van der Waals surface area (Å²) in [6, 6.07) is 11.9. The van der Waals surface area contributed by atoms with Gasteiger partial charge in [0.05, 0.1) is 5.69 Å². The number of halogens is 2. The third-order valence-corrected chi connectivity index (χ3v) is 4.29. The molecular formula is C17H10ClFN2O3. The molecule has 2 aromatic carbocycles. The van der Waals surface area contributed by atoms with Crippen LogP contribution in [-0.2, 0) is 14.4 Å². The molecule has 24 heavy (non-hydrogen) atoms. The zero-order valence-electron chi connectivity index (χ0n) is 12.1. The van der Waals surface area contributed by atoms with Gasteiger partial charge in [-0.05, 0) is 36.4 Å². The van der Waals surface area contributed by atoms with Crippen molar-refractivity contribution in [2.75, 3.05) is 4.90 Å². The van der Waals surface area contributed by atoms with E-state index in [1.165, 1.54) is 24.3 Å². The minimum atomic E-state index is -0.992. The van der Waals surface area contributed by atoms with Crippen LogP contribution in [0.5, 0.6) is 0 Å². The lowest BCUT2D eigenvalue weighted by atomic mass is 9.94. The molecule has 1 saturated heterocycles. The zero-order valence-corrected chi connectivity index (χ0v) is 12.9. The van der Waals surface area contributed by atoms with E-state index in [2.05, 4.69) is 5.16 Å². The molecule has 2 aliphatic rings. The fourth-order valence-corrected chi connectivity index (χ4v) is 3.01. The first-order valence-corrected chi connectivity index (χ1v) is 7.57. The molecule has 0 radical (unpaired) electrons. The van der Waals surface area contributed by atoms with E-state index in [1.807, 2.05) is 0 Å². The van der Waals surface area contributed by atoms with E-state index in [0.29, 0.717) is 22.0 Å². The molecular weight excluding hydrogens is 335 g/mol. The van der Waals surface area contributed by atoms with Crippen LogP contribution in [0.3, 0.4) is 0 Å². The number of amides is 2. The van der Waals surface area contributed by atoms with Crippen molar-refractivity contribution in [2.45, 2.75) is 6.10 Å². The van der Waals surface area contributed by atoms with Crippen LogP contribution in [0, 0.1) is 11.7 Å². The summed E-state index contributed by atoms with van der Waals surface area (Å²) in [5, 5.41) is 4.46. The zero-order chi connectivity index (χ0) is 16.8. The number of hydrogen-bond acceptors (Lipinski definition) is 4. The second-order valence-corrected chi connectivity index (χ2v) is 5.91. The fourth-order valence-electron chi connectivity index (χ4n) is 2.88. The number of anilines is 1. The van der Waals surface area contributed by atoms with Crippen LogP contribution in [0.1, 0.15) is 5.56 Å². The third-order valence-electron chi connectivity index (χ3n) is 4.04. The van der Waals surface area contributed by atoms with E-state index < -0.39 is 29.7 Å². The largest absolute Gasteiger partial charge is 0.381 e. The number of hydrogen-bond donors (Lipinski definition) is 0. The molecule has 0 unspecified atom stereocenters. The van der Waals surface area contributed by atoms with Crippen molar-refractivity contribution >= 4 is 34.8 Å². The predicted octanol–water partition coefficient (Wildman–Crippen LogP) is 2.77. The molecule has 1 fully saturated rings. The molecule has 0 aliphatic carbocycles. The topological polar surface area (TPSA) is 59.0 Å². The number of rotatable bonds is 2. The van der Waals surface area contributed by atoms with Crippen molar-refractivity contribution in [3.8, 4) is 0 Å². The van der Waals surface area contributed by atoms with Crippen molar-refractivity contribution in [3.63, 3.8) is 0 Å². The maximum Gasteiger partial charge on any atom is 0.278 e. The van der Waals surface area contributed by atoms with Crippen LogP contribution in [0.2, 0.25) is 5.02 Å². The third kappa shape index (κ3) is 2.18. The summed E-state index contributed by atoms with van der Waals surface area (Å²) in [7, 11) is 0. The molecule has 7 heteroatoms. The molecule has 4 rings (SSSR count). The number of nitrogens with zero attached hydrogens (tertiary/aromatic N) is 2. The van der Waals surface area contributed by atoms with Crippen molar-refractivity contribution in [2.24, 2.45) is 11.1 Å². The van der Waals surface area contributed by atoms with E-state index in [4.69, 9.17) is 16.4 Å². The van der Waals surface area contributed by atoms with Crippen molar-refractivity contribution < 1.29 is 18.8 Å². The first-order chi connectivity index (χ1) is 11.6. The van der Waals surface area contributed by atoms with Crippen LogP contribution < -0.4 is 4.90 Å². The highest BCUT2D eigenvalue weighted by atomic mass is 35.5. The molecule has 2 atom stereocenters. The first kappa shape index (κ1) is 14.8. The summed E-state index contributed by atoms with van der Waals surface area (Å²) >= 11 is 5.87. The summed E-state index contributed by atoms with van der Waals surface area (Å²) in [6.07, 6.45) is -0.992. The quantitative estimate of drug-likeness (QED) is 0.787. The molecule has 2 aromatic rings. The molecule has 0 bridgehead atoms. The van der Waals surface area contributed by atoms with Gasteiger partial charge in [0.1, 0.15) is 17.4 Å². The number of imide groups is 1. The van der Waals surface area contributed by atoms with Gasteiger partial charge < -0.3 is 4.84 Å². The highest BCUT2D eigenvalue weighted by molar-refractivity contribution is 6.33. The maximum atomic E-state index is 13.1. The lowest BCUT2D eigenvalue weighted by Gasteiger charge is -2.15. The Balaban J connectivity index is 1.69. The summed E-state index contributed by atoms with van der Waals surface area (Å²) in [5.41, 5.74) is 1.36. The van der Waals surface area contributed by atoms with Crippen LogP contribution in [0.4, 0.5) is 10.1 Å². The highest BCUT2D eigenvalue weighted by Gasteiger charge is 2.56. The molecule has 120 valence electrons. The summed E-state index contributed by atoms with van der Waals surface area (Å²) in [5.74, 6) is -2.21. The number of carbonyl (C=O) groups is 2. The van der Waals surface area contributed by atoms with Crippen LogP contribution in [0.25, 0.3) is 0 Å². The second kappa shape index (κ2) is 5.42. The predicted molar refractivity (Wildman–Crippen MR) is 85.2 cm³/mol. The second-order valence-electron chi connectivity index (χ2n) is 5.48. The lowest BCUT2D eigenvalue weighted by molar-refractivity contribution is -0.126. The Labute approximate surface area is 141 Å². The Bertz CT molecular complexity index is 864. The van der Waals surface area contributed by atoms with Crippen LogP contribution in [-0.4, -0.2) is 23.6 Å². The van der Waals surface area contributed by atoms with Crippen LogP contribution in [0.15, 0.2) is 53.7 Å². The Morgan fingerprint density at radius 3 is 2.33 bits per heavy atom. The molecule has 0 N–H and O–H groups in total. The first-order valence-electron chi connectivity index (χ1n) is 7.19. The van der Waals surface area contributed by atoms with Gasteiger partial charge in [0.2, 0.25) is 12.0 Å². The van der Waals surface area contributed by atoms with Crippen molar-refractivity contribution in [1.82, 2.24) is 0 Å². The van der Waals surface area contributed by atoms with Gasteiger partial charge >= 0.3 is 0 Å². The van der Waals surface area contributed by atoms with Gasteiger partial charge in [-0.1, -0.05) is 28.9 Å². The van der Waals surface area contributed by atoms with Gasteiger partial charge in [-0.25, -0.2) is 9.29 Å². The molecule has 2 amide bonds. The van der Waals surface area contributed by atoms with Crippen molar-refractivity contribution in [1.29, 1.82) is 0 Å². The number of carbonyl (C=O) groups excluding carboxylic acids is 2. The monoisotopic (exact) mass is 344 g/mol. The van der Waals surface area contributed by atoms with Crippen LogP contribution >= 0.6 is 11.6 Å². The van der Waals surface area contributed by atoms with Gasteiger partial charge in [0.25, 0.3) is 5.91 Å². The number of benzene rings is 2. The Hall–Kier alpha value is -2.73. The highest BCUT2D eigenvalue weighted by Crippen LogP contribution is 2.35. The summed E-state index contributed by atoms with van der Waals surface area (Å²) < 4.78 is 13.1.